The van der Waals surface area contributed by atoms with Crippen molar-refractivity contribution < 1.29 is 4.79 Å². The van der Waals surface area contributed by atoms with E-state index in [1.807, 2.05) is 0 Å². The number of Topliss-reactive ketones (excluding diaryl/α,β-unsaturated/α-hetero) is 1. The molecular formula is C10H13N3O2. The summed E-state index contributed by atoms with van der Waals surface area (Å²) in [6.07, 6.45) is 4.20. The van der Waals surface area contributed by atoms with Crippen LogP contribution in [0, 0.1) is 4.91 Å². The van der Waals surface area contributed by atoms with E-state index in [-0.39, 0.29) is 5.78 Å². The predicted octanol–water partition coefficient (Wildman–Crippen LogP) is 1.66. The minimum Gasteiger partial charge on any atom is -0.294 e. The number of nitroso groups, excluding NO2 is 1. The minimum atomic E-state index is 0.0439. The highest BCUT2D eigenvalue weighted by atomic mass is 16.3. The molecular weight excluding hydrogens is 194 g/mol. The van der Waals surface area contributed by atoms with Crippen molar-refractivity contribution in [3.8, 4) is 0 Å². The van der Waals surface area contributed by atoms with Crippen LogP contribution in [0.4, 0.5) is 0 Å². The number of carbonyl (C=O) groups is 1. The van der Waals surface area contributed by atoms with Gasteiger partial charge in [-0.1, -0.05) is 0 Å². The molecule has 5 heteroatoms. The highest BCUT2D eigenvalue weighted by molar-refractivity contribution is 5.95. The Morgan fingerprint density at radius 3 is 3.00 bits per heavy atom. The molecule has 0 fully saturated rings. The van der Waals surface area contributed by atoms with Crippen LogP contribution in [0.3, 0.4) is 0 Å². The number of nitrogens with zero attached hydrogens (tertiary/aromatic N) is 3. The van der Waals surface area contributed by atoms with Crippen molar-refractivity contribution in [1.29, 1.82) is 0 Å². The van der Waals surface area contributed by atoms with Crippen molar-refractivity contribution in [2.45, 2.75) is 12.8 Å². The summed E-state index contributed by atoms with van der Waals surface area (Å²) in [7, 11) is 1.58. The third kappa shape index (κ3) is 3.84. The standard InChI is InChI=1S/C10H13N3O2/c1-13(12-15)7-3-5-10(14)9-4-2-6-11-8-9/h2,4,6,8H,3,5,7H2,1H3. The van der Waals surface area contributed by atoms with Gasteiger partial charge in [-0.25, -0.2) is 0 Å². The number of aromatic nitrogens is 1. The van der Waals surface area contributed by atoms with Crippen LogP contribution in [-0.2, 0) is 0 Å². The summed E-state index contributed by atoms with van der Waals surface area (Å²) in [5.41, 5.74) is 0.610. The molecule has 1 rings (SSSR count). The lowest BCUT2D eigenvalue weighted by Crippen LogP contribution is -2.13. The van der Waals surface area contributed by atoms with E-state index in [9.17, 15) is 9.70 Å². The second-order valence-electron chi connectivity index (χ2n) is 3.23. The zero-order chi connectivity index (χ0) is 11.1. The molecule has 1 aromatic heterocycles. The van der Waals surface area contributed by atoms with E-state index in [2.05, 4.69) is 10.3 Å². The maximum atomic E-state index is 11.5. The molecule has 0 radical (unpaired) electrons. The summed E-state index contributed by atoms with van der Waals surface area (Å²) in [4.78, 5) is 25.4. The van der Waals surface area contributed by atoms with E-state index in [1.54, 1.807) is 31.6 Å². The summed E-state index contributed by atoms with van der Waals surface area (Å²) in [5.74, 6) is 0.0439. The Balaban J connectivity index is 2.34. The van der Waals surface area contributed by atoms with Crippen LogP contribution < -0.4 is 0 Å². The molecule has 0 amide bonds. The maximum absolute atomic E-state index is 11.5. The first-order valence-corrected chi connectivity index (χ1v) is 4.71. The van der Waals surface area contributed by atoms with E-state index in [1.165, 1.54) is 5.01 Å². The molecule has 15 heavy (non-hydrogen) atoms. The van der Waals surface area contributed by atoms with Crippen LogP contribution in [-0.4, -0.2) is 29.4 Å². The molecule has 0 saturated carbocycles. The first-order valence-electron chi connectivity index (χ1n) is 4.71. The molecule has 0 atom stereocenters. The fourth-order valence-corrected chi connectivity index (χ4v) is 1.18. The Bertz CT molecular complexity index is 327. The lowest BCUT2D eigenvalue weighted by Gasteiger charge is -2.06. The fourth-order valence-electron chi connectivity index (χ4n) is 1.18. The van der Waals surface area contributed by atoms with Crippen molar-refractivity contribution in [3.05, 3.63) is 35.0 Å². The van der Waals surface area contributed by atoms with Gasteiger partial charge in [0.05, 0.1) is 5.29 Å². The van der Waals surface area contributed by atoms with Gasteiger partial charge in [0, 0.05) is 38.0 Å². The van der Waals surface area contributed by atoms with Crippen molar-refractivity contribution in [3.63, 3.8) is 0 Å². The minimum absolute atomic E-state index is 0.0439. The number of ketones is 1. The zero-order valence-corrected chi connectivity index (χ0v) is 8.59. The maximum Gasteiger partial charge on any atom is 0.164 e. The molecule has 0 N–H and O–H groups in total. The third-order valence-electron chi connectivity index (χ3n) is 2.01. The molecule has 80 valence electrons. The van der Waals surface area contributed by atoms with E-state index < -0.39 is 0 Å². The Morgan fingerprint density at radius 1 is 1.60 bits per heavy atom. The van der Waals surface area contributed by atoms with Gasteiger partial charge in [0.1, 0.15) is 0 Å². The molecule has 5 nitrogen and oxygen atoms in total. The largest absolute Gasteiger partial charge is 0.294 e. The normalized spacial score (nSPS) is 9.67. The first kappa shape index (κ1) is 11.3. The molecule has 0 aliphatic carbocycles. The molecule has 0 aromatic carbocycles. The van der Waals surface area contributed by atoms with Gasteiger partial charge in [-0.3, -0.25) is 14.8 Å². The van der Waals surface area contributed by atoms with Gasteiger partial charge in [-0.15, -0.1) is 4.91 Å². The summed E-state index contributed by atoms with van der Waals surface area (Å²) >= 11 is 0. The van der Waals surface area contributed by atoms with Crippen molar-refractivity contribution in [2.24, 2.45) is 5.29 Å². The quantitative estimate of drug-likeness (QED) is 0.404. The van der Waals surface area contributed by atoms with Gasteiger partial charge in [-0.05, 0) is 18.6 Å². The van der Waals surface area contributed by atoms with Crippen LogP contribution in [0.15, 0.2) is 29.8 Å². The summed E-state index contributed by atoms with van der Waals surface area (Å²) in [6, 6.07) is 3.46. The van der Waals surface area contributed by atoms with Gasteiger partial charge in [0.15, 0.2) is 5.78 Å². The molecule has 0 saturated heterocycles. The summed E-state index contributed by atoms with van der Waals surface area (Å²) in [5, 5.41) is 3.99. The highest BCUT2D eigenvalue weighted by Gasteiger charge is 2.05. The second-order valence-corrected chi connectivity index (χ2v) is 3.23. The van der Waals surface area contributed by atoms with E-state index in [0.717, 1.165) is 0 Å². The number of hydrogen-bond donors (Lipinski definition) is 0. The van der Waals surface area contributed by atoms with E-state index in [0.29, 0.717) is 24.9 Å². The lowest BCUT2D eigenvalue weighted by molar-refractivity contribution is 0.0976. The van der Waals surface area contributed by atoms with E-state index in [4.69, 9.17) is 0 Å². The Morgan fingerprint density at radius 2 is 2.40 bits per heavy atom. The molecule has 0 bridgehead atoms. The van der Waals surface area contributed by atoms with E-state index >= 15 is 0 Å². The zero-order valence-electron chi connectivity index (χ0n) is 8.59. The number of carbonyl (C=O) groups excluding carboxylic acids is 1. The number of rotatable bonds is 6. The lowest BCUT2D eigenvalue weighted by atomic mass is 10.1. The average molecular weight is 207 g/mol. The Labute approximate surface area is 88.1 Å². The Hall–Kier alpha value is -1.78. The van der Waals surface area contributed by atoms with Crippen LogP contribution in [0.2, 0.25) is 0 Å². The van der Waals surface area contributed by atoms with Gasteiger partial charge >= 0.3 is 0 Å². The summed E-state index contributed by atoms with van der Waals surface area (Å²) < 4.78 is 0. The first-order chi connectivity index (χ1) is 7.24. The number of pyridine rings is 1. The predicted molar refractivity (Wildman–Crippen MR) is 56.2 cm³/mol. The fraction of sp³-hybridized carbons (Fsp3) is 0.400. The Kier molecular flexibility index (Phi) is 4.40. The van der Waals surface area contributed by atoms with Crippen LogP contribution in [0.1, 0.15) is 23.2 Å². The van der Waals surface area contributed by atoms with Gasteiger partial charge in [-0.2, -0.15) is 0 Å². The van der Waals surface area contributed by atoms with Crippen LogP contribution in [0.5, 0.6) is 0 Å². The molecule has 0 spiro atoms. The molecule has 1 heterocycles. The smallest absolute Gasteiger partial charge is 0.164 e. The molecule has 1 aromatic rings. The van der Waals surface area contributed by atoms with Gasteiger partial charge in [0.25, 0.3) is 0 Å². The van der Waals surface area contributed by atoms with Crippen molar-refractivity contribution >= 4 is 5.78 Å². The SMILES string of the molecule is CN(CCCC(=O)c1cccnc1)N=O. The van der Waals surface area contributed by atoms with Crippen LogP contribution >= 0.6 is 0 Å². The molecule has 0 aliphatic rings. The average Bonchev–Trinajstić information content (AvgIpc) is 2.29. The van der Waals surface area contributed by atoms with Crippen molar-refractivity contribution in [1.82, 2.24) is 9.99 Å². The molecule has 0 aliphatic heterocycles. The monoisotopic (exact) mass is 207 g/mol. The summed E-state index contributed by atoms with van der Waals surface area (Å²) in [6.45, 7) is 0.496. The highest BCUT2D eigenvalue weighted by Crippen LogP contribution is 2.03. The van der Waals surface area contributed by atoms with Gasteiger partial charge < -0.3 is 0 Å². The number of hydrogen-bond acceptors (Lipinski definition) is 4. The van der Waals surface area contributed by atoms with Crippen LogP contribution in [0.25, 0.3) is 0 Å². The topological polar surface area (TPSA) is 62.6 Å². The molecule has 0 unspecified atom stereocenters. The third-order valence-corrected chi connectivity index (χ3v) is 2.01. The van der Waals surface area contributed by atoms with Crippen molar-refractivity contribution in [2.75, 3.05) is 13.6 Å². The van der Waals surface area contributed by atoms with Gasteiger partial charge in [0.2, 0.25) is 0 Å². The second kappa shape index (κ2) is 5.85.